The Kier molecular flexibility index (Phi) is 4.45. The number of rotatable bonds is 3. The molecule has 20 heavy (non-hydrogen) atoms. The van der Waals surface area contributed by atoms with Gasteiger partial charge in [-0.15, -0.1) is 0 Å². The van der Waals surface area contributed by atoms with Crippen LogP contribution in [0.25, 0.3) is 0 Å². The van der Waals surface area contributed by atoms with Gasteiger partial charge in [0, 0.05) is 39.0 Å². The van der Waals surface area contributed by atoms with Gasteiger partial charge in [0.15, 0.2) is 0 Å². The largest absolute Gasteiger partial charge is 0.489 e. The van der Waals surface area contributed by atoms with Crippen molar-refractivity contribution in [2.45, 2.75) is 18.9 Å². The molecule has 0 unspecified atom stereocenters. The molecule has 3 rings (SSSR count). The smallest absolute Gasteiger partial charge is 0.228 e. The summed E-state index contributed by atoms with van der Waals surface area (Å²) in [6, 6.07) is 8.08. The summed E-state index contributed by atoms with van der Waals surface area (Å²) >= 11 is 2.30. The fourth-order valence-electron chi connectivity index (χ4n) is 2.64. The first kappa shape index (κ1) is 14.1. The van der Waals surface area contributed by atoms with Crippen molar-refractivity contribution in [1.82, 2.24) is 10.2 Å². The molecule has 2 fully saturated rings. The van der Waals surface area contributed by atoms with E-state index in [0.717, 1.165) is 48.3 Å². The highest BCUT2D eigenvalue weighted by atomic mass is 127. The first-order valence-corrected chi connectivity index (χ1v) is 8.22. The zero-order chi connectivity index (χ0) is 13.9. The summed E-state index contributed by atoms with van der Waals surface area (Å²) in [7, 11) is 0. The quantitative estimate of drug-likeness (QED) is 0.807. The lowest BCUT2D eigenvalue weighted by molar-refractivity contribution is -0.138. The molecule has 4 nitrogen and oxygen atoms in total. The van der Waals surface area contributed by atoms with Crippen molar-refractivity contribution < 1.29 is 9.53 Å². The highest BCUT2D eigenvalue weighted by Crippen LogP contribution is 2.24. The molecule has 2 aliphatic heterocycles. The third-order valence-electron chi connectivity index (χ3n) is 4.01. The first-order chi connectivity index (χ1) is 9.74. The predicted molar refractivity (Wildman–Crippen MR) is 85.7 cm³/mol. The van der Waals surface area contributed by atoms with Crippen LogP contribution < -0.4 is 10.1 Å². The van der Waals surface area contributed by atoms with Gasteiger partial charge in [-0.25, -0.2) is 0 Å². The monoisotopic (exact) mass is 386 g/mol. The van der Waals surface area contributed by atoms with E-state index in [1.54, 1.807) is 0 Å². The van der Waals surface area contributed by atoms with E-state index in [4.69, 9.17) is 4.74 Å². The van der Waals surface area contributed by atoms with Crippen LogP contribution in [0.5, 0.6) is 5.75 Å². The Morgan fingerprint density at radius 3 is 2.55 bits per heavy atom. The Balaban J connectivity index is 1.51. The average molecular weight is 386 g/mol. The second-order valence-electron chi connectivity index (χ2n) is 5.43. The second kappa shape index (κ2) is 6.30. The number of ether oxygens (including phenoxy) is 1. The minimum absolute atomic E-state index is 0.211. The van der Waals surface area contributed by atoms with Gasteiger partial charge in [0.1, 0.15) is 11.9 Å². The average Bonchev–Trinajstić information content (AvgIpc) is 2.40. The highest BCUT2D eigenvalue weighted by molar-refractivity contribution is 14.1. The second-order valence-corrected chi connectivity index (χ2v) is 6.59. The number of piperidine rings is 1. The van der Waals surface area contributed by atoms with Gasteiger partial charge >= 0.3 is 0 Å². The van der Waals surface area contributed by atoms with Crippen molar-refractivity contribution in [1.29, 1.82) is 0 Å². The van der Waals surface area contributed by atoms with Crippen molar-refractivity contribution in [2.24, 2.45) is 5.92 Å². The molecule has 0 aliphatic carbocycles. The molecular formula is C15H19IN2O2. The number of likely N-dealkylation sites (tertiary alicyclic amines) is 1. The van der Waals surface area contributed by atoms with Crippen LogP contribution in [0.3, 0.4) is 0 Å². The van der Waals surface area contributed by atoms with Gasteiger partial charge in [0.05, 0.1) is 9.49 Å². The van der Waals surface area contributed by atoms with Gasteiger partial charge in [-0.1, -0.05) is 12.1 Å². The number of amides is 1. The number of carbonyl (C=O) groups excluding carboxylic acids is 1. The molecule has 0 atom stereocenters. The number of benzene rings is 1. The highest BCUT2D eigenvalue weighted by Gasteiger charge is 2.32. The van der Waals surface area contributed by atoms with Crippen LogP contribution >= 0.6 is 22.6 Å². The predicted octanol–water partition coefficient (Wildman–Crippen LogP) is 1.88. The lowest BCUT2D eigenvalue weighted by Gasteiger charge is -2.37. The summed E-state index contributed by atoms with van der Waals surface area (Å²) < 4.78 is 7.20. The standard InChI is InChI=1S/C15H19IN2O2/c16-13-3-1-2-4-14(13)20-12-5-7-18(8-6-12)15(19)11-9-17-10-11/h1-4,11-12,17H,5-10H2. The molecule has 1 aromatic carbocycles. The number of carbonyl (C=O) groups is 1. The number of nitrogens with zero attached hydrogens (tertiary/aromatic N) is 1. The van der Waals surface area contributed by atoms with Crippen molar-refractivity contribution in [3.8, 4) is 5.75 Å². The van der Waals surface area contributed by atoms with E-state index in [1.165, 1.54) is 0 Å². The Hall–Kier alpha value is -0.820. The Morgan fingerprint density at radius 1 is 1.25 bits per heavy atom. The zero-order valence-electron chi connectivity index (χ0n) is 11.3. The molecule has 0 saturated carbocycles. The van der Waals surface area contributed by atoms with Gasteiger partial charge in [0.25, 0.3) is 0 Å². The van der Waals surface area contributed by atoms with E-state index in [9.17, 15) is 4.79 Å². The maximum Gasteiger partial charge on any atom is 0.228 e. The summed E-state index contributed by atoms with van der Waals surface area (Å²) in [5.74, 6) is 1.49. The van der Waals surface area contributed by atoms with Gasteiger partial charge in [-0.3, -0.25) is 4.79 Å². The van der Waals surface area contributed by atoms with Crippen molar-refractivity contribution >= 4 is 28.5 Å². The van der Waals surface area contributed by atoms with E-state index in [-0.39, 0.29) is 12.0 Å². The maximum absolute atomic E-state index is 12.1. The Labute approximate surface area is 133 Å². The fourth-order valence-corrected chi connectivity index (χ4v) is 3.15. The van der Waals surface area contributed by atoms with Crippen molar-refractivity contribution in [3.05, 3.63) is 27.8 Å². The molecule has 1 amide bonds. The molecule has 0 aromatic heterocycles. The molecule has 2 heterocycles. The van der Waals surface area contributed by atoms with E-state index < -0.39 is 0 Å². The molecule has 0 spiro atoms. The number of halogens is 1. The third kappa shape index (κ3) is 3.09. The lowest BCUT2D eigenvalue weighted by Crippen LogP contribution is -2.54. The van der Waals surface area contributed by atoms with Crippen LogP contribution in [-0.2, 0) is 4.79 Å². The molecule has 108 valence electrons. The van der Waals surface area contributed by atoms with Crippen LogP contribution in [0.1, 0.15) is 12.8 Å². The van der Waals surface area contributed by atoms with Gasteiger partial charge in [-0.05, 0) is 34.7 Å². The minimum atomic E-state index is 0.211. The number of hydrogen-bond acceptors (Lipinski definition) is 3. The Bertz CT molecular complexity index is 483. The summed E-state index contributed by atoms with van der Waals surface area (Å²) in [5.41, 5.74) is 0. The van der Waals surface area contributed by atoms with E-state index in [0.29, 0.717) is 5.91 Å². The molecular weight excluding hydrogens is 367 g/mol. The van der Waals surface area contributed by atoms with E-state index >= 15 is 0 Å². The lowest BCUT2D eigenvalue weighted by atomic mass is 9.99. The van der Waals surface area contributed by atoms with Crippen LogP contribution in [-0.4, -0.2) is 43.1 Å². The van der Waals surface area contributed by atoms with Crippen LogP contribution in [0.4, 0.5) is 0 Å². The maximum atomic E-state index is 12.1. The van der Waals surface area contributed by atoms with Crippen LogP contribution in [0, 0.1) is 9.49 Å². The molecule has 0 radical (unpaired) electrons. The molecule has 1 aromatic rings. The van der Waals surface area contributed by atoms with Gasteiger partial charge < -0.3 is 15.0 Å². The van der Waals surface area contributed by atoms with Crippen LogP contribution in [0.2, 0.25) is 0 Å². The Morgan fingerprint density at radius 2 is 1.95 bits per heavy atom. The van der Waals surface area contributed by atoms with Gasteiger partial charge in [0.2, 0.25) is 5.91 Å². The van der Waals surface area contributed by atoms with Crippen LogP contribution in [0.15, 0.2) is 24.3 Å². The number of para-hydroxylation sites is 1. The summed E-state index contributed by atoms with van der Waals surface area (Å²) in [6.45, 7) is 3.34. The molecule has 1 N–H and O–H groups in total. The SMILES string of the molecule is O=C(C1CNC1)N1CCC(Oc2ccccc2I)CC1. The summed E-state index contributed by atoms with van der Waals surface area (Å²) in [5, 5.41) is 3.16. The van der Waals surface area contributed by atoms with Crippen molar-refractivity contribution in [2.75, 3.05) is 26.2 Å². The number of hydrogen-bond donors (Lipinski definition) is 1. The third-order valence-corrected chi connectivity index (χ3v) is 4.91. The zero-order valence-corrected chi connectivity index (χ0v) is 13.5. The van der Waals surface area contributed by atoms with E-state index in [2.05, 4.69) is 34.0 Å². The molecule has 2 saturated heterocycles. The fraction of sp³-hybridized carbons (Fsp3) is 0.533. The summed E-state index contributed by atoms with van der Waals surface area (Å²) in [4.78, 5) is 14.1. The molecule has 0 bridgehead atoms. The first-order valence-electron chi connectivity index (χ1n) is 7.15. The topological polar surface area (TPSA) is 41.6 Å². The molecule has 5 heteroatoms. The normalized spacial score (nSPS) is 20.6. The van der Waals surface area contributed by atoms with Gasteiger partial charge in [-0.2, -0.15) is 0 Å². The summed E-state index contributed by atoms with van der Waals surface area (Å²) in [6.07, 6.45) is 2.09. The minimum Gasteiger partial charge on any atom is -0.489 e. The van der Waals surface area contributed by atoms with E-state index in [1.807, 2.05) is 23.1 Å². The molecule has 2 aliphatic rings. The van der Waals surface area contributed by atoms with Crippen molar-refractivity contribution in [3.63, 3.8) is 0 Å². The number of nitrogens with one attached hydrogen (secondary N) is 1.